The zero-order valence-corrected chi connectivity index (χ0v) is 16.8. The quantitative estimate of drug-likeness (QED) is 0.787. The number of carbonyl (C=O) groups excluding carboxylic acids is 1. The van der Waals surface area contributed by atoms with Crippen LogP contribution in [0.1, 0.15) is 28.8 Å². The van der Waals surface area contributed by atoms with Gasteiger partial charge in [0.25, 0.3) is 5.91 Å². The van der Waals surface area contributed by atoms with E-state index >= 15 is 4.39 Å². The van der Waals surface area contributed by atoms with Gasteiger partial charge in [0.1, 0.15) is 0 Å². The minimum absolute atomic E-state index is 0.0762. The lowest BCUT2D eigenvalue weighted by Gasteiger charge is -2.39. The average molecular weight is 396 g/mol. The number of piperidine rings is 1. The molecule has 1 amide bonds. The number of nitrogens with one attached hydrogen (secondary N) is 1. The maximum Gasteiger partial charge on any atom is 0.254 e. The van der Waals surface area contributed by atoms with E-state index in [1.807, 2.05) is 11.9 Å². The average Bonchev–Trinajstić information content (AvgIpc) is 3.34. The fourth-order valence-corrected chi connectivity index (χ4v) is 4.09. The van der Waals surface area contributed by atoms with Gasteiger partial charge in [-0.1, -0.05) is 13.2 Å². The van der Waals surface area contributed by atoms with Gasteiger partial charge in [-0.2, -0.15) is 5.10 Å². The Morgan fingerprint density at radius 2 is 2.28 bits per heavy atom. The van der Waals surface area contributed by atoms with E-state index in [0.717, 1.165) is 31.6 Å². The van der Waals surface area contributed by atoms with Crippen LogP contribution in [-0.4, -0.2) is 51.8 Å². The van der Waals surface area contributed by atoms with E-state index in [4.69, 9.17) is 0 Å². The first-order chi connectivity index (χ1) is 13.9. The number of hydrogen-bond donors (Lipinski definition) is 1. The van der Waals surface area contributed by atoms with E-state index in [2.05, 4.69) is 33.5 Å². The monoisotopic (exact) mass is 396 g/mol. The second-order valence-corrected chi connectivity index (χ2v) is 7.59. The highest BCUT2D eigenvalue weighted by molar-refractivity contribution is 6.04. The third-order valence-electron chi connectivity index (χ3n) is 5.77. The molecule has 0 spiro atoms. The molecular weight excluding hydrogens is 371 g/mol. The van der Waals surface area contributed by atoms with Crippen LogP contribution in [0.4, 0.5) is 10.2 Å². The van der Waals surface area contributed by atoms with Crippen molar-refractivity contribution in [1.82, 2.24) is 25.0 Å². The minimum Gasteiger partial charge on any atom is -0.370 e. The van der Waals surface area contributed by atoms with Gasteiger partial charge in [-0.15, -0.1) is 0 Å². The molecule has 0 saturated carbocycles. The molecule has 1 unspecified atom stereocenters. The number of likely N-dealkylation sites (N-methyl/N-ethyl adjacent to an activating group) is 1. The highest BCUT2D eigenvalue weighted by Gasteiger charge is 2.33. The van der Waals surface area contributed by atoms with Crippen molar-refractivity contribution in [2.75, 3.05) is 25.0 Å². The van der Waals surface area contributed by atoms with E-state index < -0.39 is 5.82 Å². The lowest BCUT2D eigenvalue weighted by molar-refractivity contribution is 0.0966. The summed E-state index contributed by atoms with van der Waals surface area (Å²) in [7, 11) is 3.66. The van der Waals surface area contributed by atoms with Crippen molar-refractivity contribution < 1.29 is 9.18 Å². The predicted octanol–water partition coefficient (Wildman–Crippen LogP) is 2.46. The number of allylic oxidation sites excluding steroid dienone is 1. The fourth-order valence-electron chi connectivity index (χ4n) is 4.09. The molecule has 152 valence electrons. The van der Waals surface area contributed by atoms with Crippen molar-refractivity contribution in [2.24, 2.45) is 7.05 Å². The van der Waals surface area contributed by atoms with Gasteiger partial charge in [-0.25, -0.2) is 9.37 Å². The zero-order valence-electron chi connectivity index (χ0n) is 16.8. The summed E-state index contributed by atoms with van der Waals surface area (Å²) < 4.78 is 17.1. The summed E-state index contributed by atoms with van der Waals surface area (Å²) in [6.45, 7) is 9.63. The first kappa shape index (κ1) is 19.2. The van der Waals surface area contributed by atoms with E-state index in [9.17, 15) is 4.79 Å². The Balaban J connectivity index is 1.75. The molecular formula is C21H25FN6O. The first-order valence-electron chi connectivity index (χ1n) is 9.69. The molecule has 1 atom stereocenters. The summed E-state index contributed by atoms with van der Waals surface area (Å²) in [4.78, 5) is 21.0. The number of amides is 1. The molecule has 0 aliphatic carbocycles. The van der Waals surface area contributed by atoms with Crippen molar-refractivity contribution in [2.45, 2.75) is 25.4 Å². The van der Waals surface area contributed by atoms with Gasteiger partial charge in [0.05, 0.1) is 17.5 Å². The molecule has 4 heterocycles. The SMILES string of the molecule is C=CC(=C)N1CCCC(N(C)c2nc(-c3cnn(C)c3)c3c(c2F)CNC3=O)C1. The molecule has 0 bridgehead atoms. The second kappa shape index (κ2) is 7.35. The molecule has 2 aromatic heterocycles. The van der Waals surface area contributed by atoms with E-state index in [-0.39, 0.29) is 24.3 Å². The summed E-state index contributed by atoms with van der Waals surface area (Å²) in [5.41, 5.74) is 2.71. The molecule has 7 nitrogen and oxygen atoms in total. The number of aromatic nitrogens is 3. The van der Waals surface area contributed by atoms with Crippen molar-refractivity contribution in [3.05, 3.63) is 54.3 Å². The van der Waals surface area contributed by atoms with Gasteiger partial charge >= 0.3 is 0 Å². The summed E-state index contributed by atoms with van der Waals surface area (Å²) in [5.74, 6) is -0.478. The van der Waals surface area contributed by atoms with Crippen molar-refractivity contribution in [3.8, 4) is 11.3 Å². The normalized spacial score (nSPS) is 18.4. The molecule has 8 heteroatoms. The van der Waals surface area contributed by atoms with Crippen LogP contribution < -0.4 is 10.2 Å². The number of fused-ring (bicyclic) bond motifs is 1. The molecule has 1 N–H and O–H groups in total. The molecule has 2 aliphatic rings. The Hall–Kier alpha value is -3.16. The van der Waals surface area contributed by atoms with Gasteiger partial charge in [-0.3, -0.25) is 9.48 Å². The molecule has 1 saturated heterocycles. The summed E-state index contributed by atoms with van der Waals surface area (Å²) in [5, 5.41) is 6.90. The summed E-state index contributed by atoms with van der Waals surface area (Å²) in [6, 6.07) is 0.0762. The fraction of sp³-hybridized carbons (Fsp3) is 0.381. The maximum atomic E-state index is 15.4. The van der Waals surface area contributed by atoms with E-state index in [1.54, 1.807) is 30.2 Å². The number of hydrogen-bond acceptors (Lipinski definition) is 5. The van der Waals surface area contributed by atoms with E-state index in [1.165, 1.54) is 0 Å². The van der Waals surface area contributed by atoms with E-state index in [0.29, 0.717) is 22.4 Å². The van der Waals surface area contributed by atoms with Crippen LogP contribution in [0, 0.1) is 5.82 Å². The largest absolute Gasteiger partial charge is 0.370 e. The number of carbonyl (C=O) groups is 1. The van der Waals surface area contributed by atoms with Gasteiger partial charge in [-0.05, 0) is 18.9 Å². The van der Waals surface area contributed by atoms with Gasteiger partial charge in [0.15, 0.2) is 11.6 Å². The van der Waals surface area contributed by atoms with Crippen LogP contribution >= 0.6 is 0 Å². The molecule has 1 fully saturated rings. The van der Waals surface area contributed by atoms with Gasteiger partial charge in [0, 0.05) is 62.8 Å². The Kier molecular flexibility index (Phi) is 4.86. The van der Waals surface area contributed by atoms with Crippen molar-refractivity contribution in [1.29, 1.82) is 0 Å². The van der Waals surface area contributed by atoms with Crippen LogP contribution in [0.5, 0.6) is 0 Å². The molecule has 0 aromatic carbocycles. The van der Waals surface area contributed by atoms with Gasteiger partial charge in [0.2, 0.25) is 0 Å². The molecule has 29 heavy (non-hydrogen) atoms. The maximum absolute atomic E-state index is 15.4. The Bertz CT molecular complexity index is 997. The Morgan fingerprint density at radius 1 is 1.48 bits per heavy atom. The van der Waals surface area contributed by atoms with Crippen LogP contribution in [0.2, 0.25) is 0 Å². The predicted molar refractivity (Wildman–Crippen MR) is 110 cm³/mol. The van der Waals surface area contributed by atoms with Gasteiger partial charge < -0.3 is 15.1 Å². The highest BCUT2D eigenvalue weighted by Crippen LogP contribution is 2.35. The van der Waals surface area contributed by atoms with Crippen LogP contribution in [0.3, 0.4) is 0 Å². The third kappa shape index (κ3) is 3.28. The Labute approximate surface area is 169 Å². The smallest absolute Gasteiger partial charge is 0.254 e. The summed E-state index contributed by atoms with van der Waals surface area (Å²) in [6.07, 6.45) is 7.08. The molecule has 4 rings (SSSR count). The number of anilines is 1. The number of nitrogens with zero attached hydrogens (tertiary/aromatic N) is 5. The standard InChI is InChI=1S/C21H25FN6O/c1-5-13(2)28-8-6-7-15(12-28)27(4)20-18(22)16-10-23-21(29)17(16)19(25-20)14-9-24-26(3)11-14/h5,9,11,15H,1-2,6-8,10,12H2,3-4H3,(H,23,29). The van der Waals surface area contributed by atoms with Crippen LogP contribution in [0.15, 0.2) is 37.3 Å². The third-order valence-corrected chi connectivity index (χ3v) is 5.77. The highest BCUT2D eigenvalue weighted by atomic mass is 19.1. The second-order valence-electron chi connectivity index (χ2n) is 7.59. The Morgan fingerprint density at radius 3 is 2.97 bits per heavy atom. The van der Waals surface area contributed by atoms with Crippen LogP contribution in [0.25, 0.3) is 11.3 Å². The van der Waals surface area contributed by atoms with Crippen molar-refractivity contribution in [3.63, 3.8) is 0 Å². The first-order valence-corrected chi connectivity index (χ1v) is 9.69. The topological polar surface area (TPSA) is 66.3 Å². The zero-order chi connectivity index (χ0) is 20.7. The molecule has 2 aliphatic heterocycles. The minimum atomic E-state index is -0.437. The summed E-state index contributed by atoms with van der Waals surface area (Å²) >= 11 is 0. The van der Waals surface area contributed by atoms with Crippen molar-refractivity contribution >= 4 is 11.7 Å². The number of rotatable bonds is 5. The number of likely N-dealkylation sites (tertiary alicyclic amines) is 1. The number of aryl methyl sites for hydroxylation is 1. The molecule has 0 radical (unpaired) electrons. The lowest BCUT2D eigenvalue weighted by Crippen LogP contribution is -2.46. The number of halogens is 1. The number of pyridine rings is 1. The van der Waals surface area contributed by atoms with Crippen LogP contribution in [-0.2, 0) is 13.6 Å². The lowest BCUT2D eigenvalue weighted by atomic mass is 10.0. The molecule has 2 aromatic rings.